The highest BCUT2D eigenvalue weighted by atomic mass is 32.1. The second-order valence-corrected chi connectivity index (χ2v) is 10.1. The van der Waals surface area contributed by atoms with Crippen molar-refractivity contribution in [3.63, 3.8) is 0 Å². The topological polar surface area (TPSA) is 54.5 Å². The molecule has 0 spiro atoms. The molecule has 0 atom stereocenters. The van der Waals surface area contributed by atoms with E-state index < -0.39 is 11.7 Å². The molecule has 0 radical (unpaired) electrons. The lowest BCUT2D eigenvalue weighted by Gasteiger charge is -2.20. The Kier molecular flexibility index (Phi) is 10.5. The molecule has 0 bridgehead atoms. The SMILES string of the molecule is CCCN(CCC)CCCCc1ccc(-c2ncc(CNC(=O)OC(C)(C)C)s2)cc1. The Morgan fingerprint density at radius 1 is 1.06 bits per heavy atom. The summed E-state index contributed by atoms with van der Waals surface area (Å²) in [6.45, 7) is 14.1. The van der Waals surface area contributed by atoms with Gasteiger partial charge in [0.15, 0.2) is 0 Å². The number of alkyl carbamates (subject to hydrolysis) is 1. The molecule has 2 aromatic rings. The first-order valence-corrected chi connectivity index (χ1v) is 12.4. The summed E-state index contributed by atoms with van der Waals surface area (Å²) < 4.78 is 5.27. The monoisotopic (exact) mass is 445 g/mol. The molecule has 0 fully saturated rings. The number of carbonyl (C=O) groups excluding carboxylic acids is 1. The molecule has 0 aliphatic rings. The van der Waals surface area contributed by atoms with Crippen molar-refractivity contribution in [3.05, 3.63) is 40.9 Å². The van der Waals surface area contributed by atoms with Crippen molar-refractivity contribution in [2.45, 2.75) is 78.9 Å². The number of thiazole rings is 1. The molecule has 1 amide bonds. The third-order valence-corrected chi connectivity index (χ3v) is 5.88. The molecule has 6 heteroatoms. The van der Waals surface area contributed by atoms with Gasteiger partial charge in [0.1, 0.15) is 10.6 Å². The van der Waals surface area contributed by atoms with Gasteiger partial charge in [0, 0.05) is 16.6 Å². The Balaban J connectivity index is 1.78. The van der Waals surface area contributed by atoms with E-state index in [1.807, 2.05) is 27.0 Å². The lowest BCUT2D eigenvalue weighted by molar-refractivity contribution is 0.0524. The van der Waals surface area contributed by atoms with E-state index in [0.717, 1.165) is 21.9 Å². The van der Waals surface area contributed by atoms with Crippen LogP contribution in [0.5, 0.6) is 0 Å². The maximum absolute atomic E-state index is 11.8. The zero-order chi connectivity index (χ0) is 22.7. The second kappa shape index (κ2) is 12.8. The third kappa shape index (κ3) is 9.83. The van der Waals surface area contributed by atoms with Gasteiger partial charge in [-0.05, 0) is 78.1 Å². The van der Waals surface area contributed by atoms with Gasteiger partial charge in [-0.1, -0.05) is 38.1 Å². The Morgan fingerprint density at radius 3 is 2.35 bits per heavy atom. The predicted octanol–water partition coefficient (Wildman–Crippen LogP) is 6.28. The van der Waals surface area contributed by atoms with Gasteiger partial charge in [-0.2, -0.15) is 0 Å². The average Bonchev–Trinajstić information content (AvgIpc) is 3.18. The molecule has 0 saturated heterocycles. The number of unbranched alkanes of at least 4 members (excludes halogenated alkanes) is 1. The van der Waals surface area contributed by atoms with E-state index >= 15 is 0 Å². The van der Waals surface area contributed by atoms with Crippen molar-refractivity contribution < 1.29 is 9.53 Å². The van der Waals surface area contributed by atoms with Crippen LogP contribution in [0.3, 0.4) is 0 Å². The molecular formula is C25H39N3O2S. The summed E-state index contributed by atoms with van der Waals surface area (Å²) in [6.07, 6.45) is 7.48. The van der Waals surface area contributed by atoms with Gasteiger partial charge < -0.3 is 15.0 Å². The highest BCUT2D eigenvalue weighted by Crippen LogP contribution is 2.25. The lowest BCUT2D eigenvalue weighted by atomic mass is 10.1. The number of rotatable bonds is 12. The Bertz CT molecular complexity index is 775. The van der Waals surface area contributed by atoms with Crippen LogP contribution in [0.2, 0.25) is 0 Å². The zero-order valence-electron chi connectivity index (χ0n) is 19.9. The predicted molar refractivity (Wildman–Crippen MR) is 131 cm³/mol. The Hall–Kier alpha value is -1.92. The lowest BCUT2D eigenvalue weighted by Crippen LogP contribution is -2.31. The van der Waals surface area contributed by atoms with E-state index in [1.165, 1.54) is 50.9 Å². The molecule has 1 heterocycles. The van der Waals surface area contributed by atoms with Crippen LogP contribution in [0, 0.1) is 0 Å². The van der Waals surface area contributed by atoms with Crippen molar-refractivity contribution >= 4 is 17.4 Å². The number of aromatic nitrogens is 1. The minimum absolute atomic E-state index is 0.403. The summed E-state index contributed by atoms with van der Waals surface area (Å²) in [6, 6.07) is 8.73. The zero-order valence-corrected chi connectivity index (χ0v) is 20.7. The molecule has 172 valence electrons. The minimum Gasteiger partial charge on any atom is -0.444 e. The van der Waals surface area contributed by atoms with Gasteiger partial charge in [-0.3, -0.25) is 0 Å². The summed E-state index contributed by atoms with van der Waals surface area (Å²) in [7, 11) is 0. The number of hydrogen-bond acceptors (Lipinski definition) is 5. The number of nitrogens with zero attached hydrogens (tertiary/aromatic N) is 2. The van der Waals surface area contributed by atoms with Gasteiger partial charge in [0.25, 0.3) is 0 Å². The van der Waals surface area contributed by atoms with E-state index in [2.05, 4.69) is 53.3 Å². The maximum Gasteiger partial charge on any atom is 0.407 e. The number of carbonyl (C=O) groups is 1. The molecule has 0 aliphatic carbocycles. The van der Waals surface area contributed by atoms with Crippen LogP contribution >= 0.6 is 11.3 Å². The van der Waals surface area contributed by atoms with Crippen LogP contribution in [-0.2, 0) is 17.7 Å². The fraction of sp³-hybridized carbons (Fsp3) is 0.600. The van der Waals surface area contributed by atoms with Crippen molar-refractivity contribution in [2.24, 2.45) is 0 Å². The standard InChI is InChI=1S/C25H39N3O2S/c1-6-15-28(16-7-2)17-9-8-10-20-11-13-21(14-12-20)23-26-18-22(31-23)19-27-24(29)30-25(3,4)5/h11-14,18H,6-10,15-17,19H2,1-5H3,(H,27,29). The van der Waals surface area contributed by atoms with Crippen LogP contribution < -0.4 is 5.32 Å². The molecular weight excluding hydrogens is 406 g/mol. The molecule has 1 aromatic heterocycles. The van der Waals surface area contributed by atoms with E-state index in [1.54, 1.807) is 11.3 Å². The Morgan fingerprint density at radius 2 is 1.74 bits per heavy atom. The maximum atomic E-state index is 11.8. The van der Waals surface area contributed by atoms with Crippen LogP contribution in [0.4, 0.5) is 4.79 Å². The van der Waals surface area contributed by atoms with Gasteiger partial charge in [-0.25, -0.2) is 9.78 Å². The van der Waals surface area contributed by atoms with Crippen molar-refractivity contribution in [1.29, 1.82) is 0 Å². The van der Waals surface area contributed by atoms with E-state index in [4.69, 9.17) is 4.74 Å². The van der Waals surface area contributed by atoms with Gasteiger partial charge in [0.2, 0.25) is 0 Å². The van der Waals surface area contributed by atoms with Crippen LogP contribution in [0.25, 0.3) is 10.6 Å². The van der Waals surface area contributed by atoms with Gasteiger partial charge >= 0.3 is 6.09 Å². The largest absolute Gasteiger partial charge is 0.444 e. The van der Waals surface area contributed by atoms with Crippen LogP contribution in [0.1, 0.15) is 70.7 Å². The first-order chi connectivity index (χ1) is 14.8. The number of ether oxygens (including phenoxy) is 1. The number of benzene rings is 1. The highest BCUT2D eigenvalue weighted by Gasteiger charge is 2.16. The van der Waals surface area contributed by atoms with Crippen LogP contribution in [0.15, 0.2) is 30.5 Å². The highest BCUT2D eigenvalue weighted by molar-refractivity contribution is 7.15. The minimum atomic E-state index is -0.491. The molecule has 1 N–H and O–H groups in total. The first-order valence-electron chi connectivity index (χ1n) is 11.5. The van der Waals surface area contributed by atoms with Gasteiger partial charge in [0.05, 0.1) is 6.54 Å². The summed E-state index contributed by atoms with van der Waals surface area (Å²) in [5, 5.41) is 3.76. The number of aryl methyl sites for hydroxylation is 1. The fourth-order valence-electron chi connectivity index (χ4n) is 3.44. The normalized spacial score (nSPS) is 11.7. The van der Waals surface area contributed by atoms with E-state index in [-0.39, 0.29) is 0 Å². The fourth-order valence-corrected chi connectivity index (χ4v) is 4.30. The summed E-state index contributed by atoms with van der Waals surface area (Å²) in [5.74, 6) is 0. The van der Waals surface area contributed by atoms with Gasteiger partial charge in [-0.15, -0.1) is 11.3 Å². The molecule has 0 unspecified atom stereocenters. The smallest absolute Gasteiger partial charge is 0.407 e. The quantitative estimate of drug-likeness (QED) is 0.391. The molecule has 0 saturated carbocycles. The van der Waals surface area contributed by atoms with E-state index in [9.17, 15) is 4.79 Å². The summed E-state index contributed by atoms with van der Waals surface area (Å²) >= 11 is 1.60. The summed E-state index contributed by atoms with van der Waals surface area (Å²) in [4.78, 5) is 19.9. The van der Waals surface area contributed by atoms with Crippen molar-refractivity contribution in [2.75, 3.05) is 19.6 Å². The van der Waals surface area contributed by atoms with Crippen molar-refractivity contribution in [1.82, 2.24) is 15.2 Å². The second-order valence-electron chi connectivity index (χ2n) is 8.98. The Labute approximate surface area is 192 Å². The number of hydrogen-bond donors (Lipinski definition) is 1. The first kappa shape index (κ1) is 25.3. The molecule has 31 heavy (non-hydrogen) atoms. The van der Waals surface area contributed by atoms with Crippen LogP contribution in [-0.4, -0.2) is 41.2 Å². The summed E-state index contributed by atoms with van der Waals surface area (Å²) in [5.41, 5.74) is 2.01. The molecule has 0 aliphatic heterocycles. The number of nitrogens with one attached hydrogen (secondary N) is 1. The average molecular weight is 446 g/mol. The number of amides is 1. The van der Waals surface area contributed by atoms with E-state index in [0.29, 0.717) is 6.54 Å². The molecule has 5 nitrogen and oxygen atoms in total. The van der Waals surface area contributed by atoms with Crippen molar-refractivity contribution in [3.8, 4) is 10.6 Å². The molecule has 1 aromatic carbocycles. The molecule has 2 rings (SSSR count). The third-order valence-electron chi connectivity index (χ3n) is 4.83.